The number of thioether (sulfide) groups is 1. The third-order valence-corrected chi connectivity index (χ3v) is 6.37. The van der Waals surface area contributed by atoms with Crippen molar-refractivity contribution in [2.45, 2.75) is 36.2 Å². The van der Waals surface area contributed by atoms with Gasteiger partial charge in [-0.15, -0.1) is 21.5 Å². The van der Waals surface area contributed by atoms with Crippen molar-refractivity contribution in [3.05, 3.63) is 70.4 Å². The van der Waals surface area contributed by atoms with Crippen molar-refractivity contribution in [2.24, 2.45) is 0 Å². The Kier molecular flexibility index (Phi) is 4.74. The van der Waals surface area contributed by atoms with Gasteiger partial charge in [-0.1, -0.05) is 17.8 Å². The van der Waals surface area contributed by atoms with Gasteiger partial charge in [0.1, 0.15) is 11.6 Å². The van der Waals surface area contributed by atoms with Crippen molar-refractivity contribution in [3.63, 3.8) is 0 Å². The van der Waals surface area contributed by atoms with Crippen LogP contribution in [0.1, 0.15) is 35.5 Å². The Morgan fingerprint density at radius 2 is 2.04 bits per heavy atom. The molecule has 0 N–H and O–H groups in total. The van der Waals surface area contributed by atoms with Gasteiger partial charge in [-0.25, -0.2) is 9.37 Å². The van der Waals surface area contributed by atoms with Gasteiger partial charge in [-0.05, 0) is 48.6 Å². The van der Waals surface area contributed by atoms with Gasteiger partial charge < -0.3 is 8.98 Å². The molecule has 0 amide bonds. The van der Waals surface area contributed by atoms with Crippen molar-refractivity contribution >= 4 is 23.1 Å². The van der Waals surface area contributed by atoms with E-state index >= 15 is 0 Å². The van der Waals surface area contributed by atoms with E-state index in [9.17, 15) is 4.39 Å². The number of benzene rings is 1. The highest BCUT2D eigenvalue weighted by Crippen LogP contribution is 2.40. The summed E-state index contributed by atoms with van der Waals surface area (Å²) >= 11 is 3.33. The molecule has 142 valence electrons. The fourth-order valence-corrected chi connectivity index (χ4v) is 4.63. The fraction of sp³-hybridized carbons (Fsp3) is 0.250. The summed E-state index contributed by atoms with van der Waals surface area (Å²) in [6.07, 6.45) is 4.85. The molecule has 3 heterocycles. The first-order chi connectivity index (χ1) is 13.8. The van der Waals surface area contributed by atoms with Crippen LogP contribution in [0.25, 0.3) is 11.3 Å². The monoisotopic (exact) mass is 412 g/mol. The van der Waals surface area contributed by atoms with E-state index in [4.69, 9.17) is 4.42 Å². The zero-order valence-electron chi connectivity index (χ0n) is 14.9. The molecule has 3 aromatic heterocycles. The molecule has 1 fully saturated rings. The Bertz CT molecular complexity index is 1070. The third-order valence-electron chi connectivity index (χ3n) is 4.57. The van der Waals surface area contributed by atoms with Gasteiger partial charge in [-0.3, -0.25) is 0 Å². The second-order valence-electron chi connectivity index (χ2n) is 6.67. The van der Waals surface area contributed by atoms with Crippen molar-refractivity contribution in [2.75, 3.05) is 0 Å². The van der Waals surface area contributed by atoms with Gasteiger partial charge in [0.05, 0.1) is 11.9 Å². The van der Waals surface area contributed by atoms with Crippen molar-refractivity contribution < 1.29 is 8.81 Å². The van der Waals surface area contributed by atoms with Crippen LogP contribution >= 0.6 is 23.1 Å². The zero-order valence-corrected chi connectivity index (χ0v) is 16.5. The van der Waals surface area contributed by atoms with Crippen molar-refractivity contribution in [1.29, 1.82) is 0 Å². The van der Waals surface area contributed by atoms with Gasteiger partial charge in [0.25, 0.3) is 0 Å². The van der Waals surface area contributed by atoms with Crippen LogP contribution in [0, 0.1) is 5.82 Å². The predicted octanol–water partition coefficient (Wildman–Crippen LogP) is 5.35. The van der Waals surface area contributed by atoms with Crippen molar-refractivity contribution in [1.82, 2.24) is 19.7 Å². The van der Waals surface area contributed by atoms with Gasteiger partial charge in [0.2, 0.25) is 5.89 Å². The van der Waals surface area contributed by atoms with Crippen LogP contribution in [0.15, 0.2) is 57.5 Å². The SMILES string of the molecule is Fc1ccc(-c2cnc(CSc3nnc(Cc4cccs4)n3C3CC3)o2)cc1. The van der Waals surface area contributed by atoms with Crippen LogP contribution in [-0.2, 0) is 12.2 Å². The van der Waals surface area contributed by atoms with Gasteiger partial charge in [0, 0.05) is 22.9 Å². The fourth-order valence-electron chi connectivity index (χ4n) is 3.05. The summed E-state index contributed by atoms with van der Waals surface area (Å²) in [6, 6.07) is 10.9. The number of rotatable bonds is 7. The number of halogens is 1. The number of hydrogen-bond donors (Lipinski definition) is 0. The average molecular weight is 413 g/mol. The summed E-state index contributed by atoms with van der Waals surface area (Å²) in [6.45, 7) is 0. The van der Waals surface area contributed by atoms with Crippen LogP contribution in [0.2, 0.25) is 0 Å². The second kappa shape index (κ2) is 7.52. The lowest BCUT2D eigenvalue weighted by atomic mass is 10.2. The van der Waals surface area contributed by atoms with Crippen LogP contribution < -0.4 is 0 Å². The molecule has 1 aromatic carbocycles. The molecular weight excluding hydrogens is 395 g/mol. The first-order valence-corrected chi connectivity index (χ1v) is 10.9. The molecule has 0 saturated heterocycles. The Morgan fingerprint density at radius 3 is 2.79 bits per heavy atom. The molecule has 1 aliphatic rings. The summed E-state index contributed by atoms with van der Waals surface area (Å²) < 4.78 is 21.2. The lowest BCUT2D eigenvalue weighted by Gasteiger charge is -2.07. The first kappa shape index (κ1) is 17.6. The number of nitrogens with zero attached hydrogens (tertiary/aromatic N) is 4. The molecule has 8 heteroatoms. The van der Waals surface area contributed by atoms with E-state index in [0.717, 1.165) is 23.0 Å². The quantitative estimate of drug-likeness (QED) is 0.383. The molecular formula is C20H17FN4OS2. The predicted molar refractivity (Wildman–Crippen MR) is 107 cm³/mol. The highest BCUT2D eigenvalue weighted by Gasteiger charge is 2.29. The molecule has 1 saturated carbocycles. The molecule has 0 radical (unpaired) electrons. The maximum Gasteiger partial charge on any atom is 0.205 e. The van der Waals surface area contributed by atoms with Gasteiger partial charge in [-0.2, -0.15) is 0 Å². The summed E-state index contributed by atoms with van der Waals surface area (Å²) in [5.41, 5.74) is 0.810. The molecule has 5 rings (SSSR count). The Hall–Kier alpha value is -2.45. The molecule has 28 heavy (non-hydrogen) atoms. The lowest BCUT2D eigenvalue weighted by Crippen LogP contribution is -2.03. The minimum Gasteiger partial charge on any atom is -0.440 e. The number of thiophene rings is 1. The standard InChI is InChI=1S/C20H17FN4OS2/c21-14-5-3-13(4-6-14)17-11-22-19(26-17)12-28-20-24-23-18(25(20)15-7-8-15)10-16-2-1-9-27-16/h1-6,9,11,15H,7-8,10,12H2. The Morgan fingerprint density at radius 1 is 1.18 bits per heavy atom. The normalized spacial score (nSPS) is 13.9. The van der Waals surface area contributed by atoms with Gasteiger partial charge >= 0.3 is 0 Å². The molecule has 0 unspecified atom stereocenters. The Labute approximate surface area is 169 Å². The molecule has 0 aliphatic heterocycles. The minimum atomic E-state index is -0.267. The van der Waals surface area contributed by atoms with E-state index < -0.39 is 0 Å². The molecule has 0 spiro atoms. The van der Waals surface area contributed by atoms with Crippen molar-refractivity contribution in [3.8, 4) is 11.3 Å². The van der Waals surface area contributed by atoms with E-state index in [1.807, 2.05) is 0 Å². The maximum atomic E-state index is 13.1. The highest BCUT2D eigenvalue weighted by atomic mass is 32.2. The molecule has 4 aromatic rings. The lowest BCUT2D eigenvalue weighted by molar-refractivity contribution is 0.529. The topological polar surface area (TPSA) is 56.7 Å². The molecule has 0 bridgehead atoms. The zero-order chi connectivity index (χ0) is 18.9. The summed E-state index contributed by atoms with van der Waals surface area (Å²) in [4.78, 5) is 5.64. The van der Waals surface area contributed by atoms with E-state index in [1.165, 1.54) is 29.9 Å². The number of oxazole rings is 1. The molecule has 0 atom stereocenters. The summed E-state index contributed by atoms with van der Waals surface area (Å²) in [5, 5.41) is 11.9. The van der Waals surface area contributed by atoms with E-state index in [2.05, 4.69) is 37.3 Å². The van der Waals surface area contributed by atoms with Gasteiger partial charge in [0.15, 0.2) is 10.9 Å². The van der Waals surface area contributed by atoms with E-state index in [-0.39, 0.29) is 5.82 Å². The second-order valence-corrected chi connectivity index (χ2v) is 8.64. The smallest absolute Gasteiger partial charge is 0.205 e. The maximum absolute atomic E-state index is 13.1. The average Bonchev–Trinajstić information content (AvgIpc) is 3.11. The Balaban J connectivity index is 1.30. The van der Waals surface area contributed by atoms with E-state index in [1.54, 1.807) is 41.4 Å². The summed E-state index contributed by atoms with van der Waals surface area (Å²) in [5.74, 6) is 2.58. The summed E-state index contributed by atoms with van der Waals surface area (Å²) in [7, 11) is 0. The molecule has 5 nitrogen and oxygen atoms in total. The third kappa shape index (κ3) is 3.74. The largest absolute Gasteiger partial charge is 0.440 e. The van der Waals surface area contributed by atoms with Crippen LogP contribution in [0.5, 0.6) is 0 Å². The first-order valence-electron chi connectivity index (χ1n) is 9.06. The minimum absolute atomic E-state index is 0.267. The van der Waals surface area contributed by atoms with Crippen LogP contribution in [0.3, 0.4) is 0 Å². The highest BCUT2D eigenvalue weighted by molar-refractivity contribution is 7.98. The van der Waals surface area contributed by atoms with Crippen LogP contribution in [0.4, 0.5) is 4.39 Å². The molecule has 1 aliphatic carbocycles. The van der Waals surface area contributed by atoms with Crippen LogP contribution in [-0.4, -0.2) is 19.7 Å². The number of hydrogen-bond acceptors (Lipinski definition) is 6. The van der Waals surface area contributed by atoms with E-state index in [0.29, 0.717) is 23.4 Å². The number of aromatic nitrogens is 4.